The summed E-state index contributed by atoms with van der Waals surface area (Å²) in [6.45, 7) is 2.42. The van der Waals surface area contributed by atoms with Crippen LogP contribution in [0.1, 0.15) is 6.92 Å². The number of rotatable bonds is 4. The molecule has 0 spiro atoms. The second kappa shape index (κ2) is 7.31. The standard InChI is InChI=1S/C20H19NO5/c1-4-21(2)20(23)26-14-7-5-13(6-8-14)17-12-25-18-11-15(24-3)9-10-16(18)19(17)22/h5-12H,4H2,1-3H3. The zero-order chi connectivity index (χ0) is 18.7. The Bertz CT molecular complexity index is 991. The van der Waals surface area contributed by atoms with Gasteiger partial charge in [0.1, 0.15) is 23.3 Å². The lowest BCUT2D eigenvalue weighted by Crippen LogP contribution is -2.29. The minimum atomic E-state index is -0.431. The normalized spacial score (nSPS) is 10.6. The summed E-state index contributed by atoms with van der Waals surface area (Å²) in [5, 5.41) is 0.475. The van der Waals surface area contributed by atoms with Gasteiger partial charge in [-0.15, -0.1) is 0 Å². The number of benzene rings is 2. The van der Waals surface area contributed by atoms with Crippen LogP contribution in [0.3, 0.4) is 0 Å². The molecular formula is C20H19NO5. The molecule has 0 fully saturated rings. The Morgan fingerprint density at radius 2 is 1.81 bits per heavy atom. The number of ether oxygens (including phenoxy) is 2. The number of carbonyl (C=O) groups excluding carboxylic acids is 1. The Morgan fingerprint density at radius 3 is 2.46 bits per heavy atom. The monoisotopic (exact) mass is 353 g/mol. The van der Waals surface area contributed by atoms with Gasteiger partial charge in [0.15, 0.2) is 5.43 Å². The Hall–Kier alpha value is -3.28. The molecular weight excluding hydrogens is 334 g/mol. The van der Waals surface area contributed by atoms with Crippen molar-refractivity contribution in [1.82, 2.24) is 4.90 Å². The van der Waals surface area contributed by atoms with Gasteiger partial charge in [-0.2, -0.15) is 0 Å². The molecule has 6 nitrogen and oxygen atoms in total. The van der Waals surface area contributed by atoms with Crippen molar-refractivity contribution in [2.75, 3.05) is 20.7 Å². The molecule has 6 heteroatoms. The smallest absolute Gasteiger partial charge is 0.414 e. The predicted octanol–water partition coefficient (Wildman–Crippen LogP) is 3.92. The Labute approximate surface area is 150 Å². The van der Waals surface area contributed by atoms with Gasteiger partial charge in [-0.05, 0) is 36.8 Å². The molecule has 3 rings (SSSR count). The number of methoxy groups -OCH3 is 1. The van der Waals surface area contributed by atoms with Gasteiger partial charge in [0, 0.05) is 19.7 Å². The lowest BCUT2D eigenvalue weighted by atomic mass is 10.1. The summed E-state index contributed by atoms with van der Waals surface area (Å²) >= 11 is 0. The van der Waals surface area contributed by atoms with E-state index in [-0.39, 0.29) is 5.43 Å². The van der Waals surface area contributed by atoms with Gasteiger partial charge in [0.2, 0.25) is 0 Å². The molecule has 26 heavy (non-hydrogen) atoms. The fourth-order valence-electron chi connectivity index (χ4n) is 2.45. The van der Waals surface area contributed by atoms with E-state index >= 15 is 0 Å². The van der Waals surface area contributed by atoms with Crippen molar-refractivity contribution in [3.05, 3.63) is 59.0 Å². The van der Waals surface area contributed by atoms with Crippen molar-refractivity contribution in [1.29, 1.82) is 0 Å². The molecule has 134 valence electrons. The lowest BCUT2D eigenvalue weighted by molar-refractivity contribution is 0.165. The second-order valence-electron chi connectivity index (χ2n) is 5.75. The minimum Gasteiger partial charge on any atom is -0.497 e. The molecule has 0 atom stereocenters. The molecule has 0 radical (unpaired) electrons. The first kappa shape index (κ1) is 17.5. The van der Waals surface area contributed by atoms with E-state index in [9.17, 15) is 9.59 Å². The van der Waals surface area contributed by atoms with E-state index in [4.69, 9.17) is 13.9 Å². The zero-order valence-electron chi connectivity index (χ0n) is 14.8. The van der Waals surface area contributed by atoms with E-state index in [1.165, 1.54) is 11.2 Å². The molecule has 0 aliphatic heterocycles. The van der Waals surface area contributed by atoms with E-state index in [1.807, 2.05) is 6.92 Å². The summed E-state index contributed by atoms with van der Waals surface area (Å²) in [6, 6.07) is 11.8. The van der Waals surface area contributed by atoms with Crippen LogP contribution in [0, 0.1) is 0 Å². The van der Waals surface area contributed by atoms with Crippen molar-refractivity contribution >= 4 is 17.1 Å². The first-order chi connectivity index (χ1) is 12.5. The number of carbonyl (C=O) groups is 1. The number of nitrogens with zero attached hydrogens (tertiary/aromatic N) is 1. The summed E-state index contributed by atoms with van der Waals surface area (Å²) in [5.74, 6) is 1.03. The first-order valence-electron chi connectivity index (χ1n) is 8.16. The molecule has 3 aromatic rings. The predicted molar refractivity (Wildman–Crippen MR) is 98.8 cm³/mol. The molecule has 0 saturated heterocycles. The highest BCUT2D eigenvalue weighted by atomic mass is 16.6. The van der Waals surface area contributed by atoms with Gasteiger partial charge in [-0.1, -0.05) is 12.1 Å². The number of amides is 1. The summed E-state index contributed by atoms with van der Waals surface area (Å²) in [5.41, 5.74) is 1.45. The highest BCUT2D eigenvalue weighted by Gasteiger charge is 2.12. The van der Waals surface area contributed by atoms with Crippen LogP contribution in [0.15, 0.2) is 57.9 Å². The average Bonchev–Trinajstić information content (AvgIpc) is 2.68. The van der Waals surface area contributed by atoms with Crippen LogP contribution in [-0.2, 0) is 0 Å². The summed E-state index contributed by atoms with van der Waals surface area (Å²) < 4.78 is 16.0. The van der Waals surface area contributed by atoms with Gasteiger partial charge < -0.3 is 18.8 Å². The molecule has 0 N–H and O–H groups in total. The summed E-state index contributed by atoms with van der Waals surface area (Å²) in [6.07, 6.45) is 0.995. The Kier molecular flexibility index (Phi) is 4.93. The second-order valence-corrected chi connectivity index (χ2v) is 5.75. The van der Waals surface area contributed by atoms with Gasteiger partial charge in [0.05, 0.1) is 18.1 Å². The van der Waals surface area contributed by atoms with Crippen molar-refractivity contribution in [2.24, 2.45) is 0 Å². The molecule has 1 amide bonds. The average molecular weight is 353 g/mol. The van der Waals surface area contributed by atoms with Gasteiger partial charge in [0.25, 0.3) is 0 Å². The largest absolute Gasteiger partial charge is 0.497 e. The maximum Gasteiger partial charge on any atom is 0.414 e. The van der Waals surface area contributed by atoms with Crippen LogP contribution in [0.2, 0.25) is 0 Å². The lowest BCUT2D eigenvalue weighted by Gasteiger charge is -2.14. The zero-order valence-corrected chi connectivity index (χ0v) is 14.8. The van der Waals surface area contributed by atoms with Crippen LogP contribution >= 0.6 is 0 Å². The molecule has 0 unspecified atom stereocenters. The third-order valence-corrected chi connectivity index (χ3v) is 4.14. The molecule has 1 heterocycles. The van der Waals surface area contributed by atoms with Crippen LogP contribution in [0.25, 0.3) is 22.1 Å². The third kappa shape index (κ3) is 3.39. The molecule has 0 aliphatic carbocycles. The van der Waals surface area contributed by atoms with Crippen LogP contribution in [-0.4, -0.2) is 31.7 Å². The molecule has 1 aromatic heterocycles. The molecule has 0 bridgehead atoms. The summed E-state index contributed by atoms with van der Waals surface area (Å²) in [4.78, 5) is 26.0. The number of fused-ring (bicyclic) bond motifs is 1. The maximum absolute atomic E-state index is 12.7. The van der Waals surface area contributed by atoms with E-state index in [0.29, 0.717) is 40.1 Å². The number of hydrogen-bond acceptors (Lipinski definition) is 5. The van der Waals surface area contributed by atoms with E-state index in [2.05, 4.69) is 0 Å². The number of hydrogen-bond donors (Lipinski definition) is 0. The topological polar surface area (TPSA) is 69.0 Å². The van der Waals surface area contributed by atoms with Crippen molar-refractivity contribution in [3.8, 4) is 22.6 Å². The highest BCUT2D eigenvalue weighted by molar-refractivity contribution is 5.82. The van der Waals surface area contributed by atoms with Crippen LogP contribution in [0.4, 0.5) is 4.79 Å². The SMILES string of the molecule is CCN(C)C(=O)Oc1ccc(-c2coc3cc(OC)ccc3c2=O)cc1. The van der Waals surface area contributed by atoms with Crippen molar-refractivity contribution in [3.63, 3.8) is 0 Å². The Morgan fingerprint density at radius 1 is 1.12 bits per heavy atom. The van der Waals surface area contributed by atoms with E-state index < -0.39 is 6.09 Å². The Balaban J connectivity index is 1.91. The highest BCUT2D eigenvalue weighted by Crippen LogP contribution is 2.24. The molecule has 0 saturated carbocycles. The van der Waals surface area contributed by atoms with Gasteiger partial charge in [-0.25, -0.2) is 4.79 Å². The molecule has 0 aliphatic rings. The van der Waals surface area contributed by atoms with E-state index in [1.54, 1.807) is 56.6 Å². The van der Waals surface area contributed by atoms with Crippen LogP contribution in [0.5, 0.6) is 11.5 Å². The van der Waals surface area contributed by atoms with Crippen molar-refractivity contribution in [2.45, 2.75) is 6.92 Å². The van der Waals surface area contributed by atoms with Crippen LogP contribution < -0.4 is 14.9 Å². The third-order valence-electron chi connectivity index (χ3n) is 4.14. The first-order valence-corrected chi connectivity index (χ1v) is 8.16. The minimum absolute atomic E-state index is 0.135. The van der Waals surface area contributed by atoms with Gasteiger partial charge in [-0.3, -0.25) is 4.79 Å². The fraction of sp³-hybridized carbons (Fsp3) is 0.200. The quantitative estimate of drug-likeness (QED) is 0.711. The van der Waals surface area contributed by atoms with Gasteiger partial charge >= 0.3 is 6.09 Å². The maximum atomic E-state index is 12.7. The summed E-state index contributed by atoms with van der Waals surface area (Å²) in [7, 11) is 3.21. The molecule has 2 aromatic carbocycles. The fourth-order valence-corrected chi connectivity index (χ4v) is 2.45. The van der Waals surface area contributed by atoms with Crippen molar-refractivity contribution < 1.29 is 18.7 Å². The van der Waals surface area contributed by atoms with E-state index in [0.717, 1.165) is 0 Å².